The van der Waals surface area contributed by atoms with Crippen LogP contribution in [0.1, 0.15) is 36.0 Å². The SMILES string of the molecule is O=C(N[C@@H]1CC[C@H](C(=O)NCCCn2ccnc2)C[C@H]1O)c1cc[nH]c(=O)c1. The van der Waals surface area contributed by atoms with Gasteiger partial charge in [0, 0.05) is 49.2 Å². The van der Waals surface area contributed by atoms with Crippen LogP contribution in [0.2, 0.25) is 0 Å². The molecule has 28 heavy (non-hydrogen) atoms. The number of aliphatic hydroxyl groups is 1. The highest BCUT2D eigenvalue weighted by atomic mass is 16.3. The molecule has 1 fully saturated rings. The quantitative estimate of drug-likeness (QED) is 0.499. The fourth-order valence-electron chi connectivity index (χ4n) is 3.43. The van der Waals surface area contributed by atoms with Gasteiger partial charge in [0.1, 0.15) is 0 Å². The molecule has 9 heteroatoms. The minimum absolute atomic E-state index is 0.0657. The molecule has 0 bridgehead atoms. The van der Waals surface area contributed by atoms with Crippen LogP contribution in [0.3, 0.4) is 0 Å². The molecule has 3 atom stereocenters. The van der Waals surface area contributed by atoms with E-state index in [2.05, 4.69) is 20.6 Å². The zero-order valence-electron chi connectivity index (χ0n) is 15.5. The maximum Gasteiger partial charge on any atom is 0.251 e. The molecular weight excluding hydrogens is 362 g/mol. The molecule has 2 aromatic rings. The molecule has 1 aliphatic carbocycles. The van der Waals surface area contributed by atoms with Gasteiger partial charge in [0.2, 0.25) is 11.5 Å². The molecule has 1 aliphatic rings. The smallest absolute Gasteiger partial charge is 0.251 e. The predicted molar refractivity (Wildman–Crippen MR) is 102 cm³/mol. The Balaban J connectivity index is 1.41. The van der Waals surface area contributed by atoms with Crippen molar-refractivity contribution in [2.24, 2.45) is 5.92 Å². The summed E-state index contributed by atoms with van der Waals surface area (Å²) in [6.45, 7) is 1.34. The van der Waals surface area contributed by atoms with Crippen LogP contribution in [0.25, 0.3) is 0 Å². The maximum atomic E-state index is 12.3. The minimum atomic E-state index is -0.804. The van der Waals surface area contributed by atoms with Gasteiger partial charge in [-0.05, 0) is 31.7 Å². The van der Waals surface area contributed by atoms with Crippen molar-refractivity contribution in [1.29, 1.82) is 0 Å². The number of aromatic amines is 1. The number of imidazole rings is 1. The molecule has 150 valence electrons. The van der Waals surface area contributed by atoms with Crippen molar-refractivity contribution in [3.05, 3.63) is 53.0 Å². The first-order valence-electron chi connectivity index (χ1n) is 9.44. The van der Waals surface area contributed by atoms with E-state index in [4.69, 9.17) is 0 Å². The number of hydrogen-bond acceptors (Lipinski definition) is 5. The number of carbonyl (C=O) groups excluding carboxylic acids is 2. The fraction of sp³-hybridized carbons (Fsp3) is 0.474. The van der Waals surface area contributed by atoms with E-state index >= 15 is 0 Å². The molecule has 0 unspecified atom stereocenters. The number of rotatable bonds is 7. The molecular formula is C19H25N5O4. The van der Waals surface area contributed by atoms with Gasteiger partial charge < -0.3 is 25.3 Å². The van der Waals surface area contributed by atoms with E-state index in [9.17, 15) is 19.5 Å². The Morgan fingerprint density at radius 2 is 2.21 bits per heavy atom. The molecule has 0 spiro atoms. The summed E-state index contributed by atoms with van der Waals surface area (Å²) in [6.07, 6.45) is 8.11. The Hall–Kier alpha value is -2.94. The highest BCUT2D eigenvalue weighted by Crippen LogP contribution is 2.25. The van der Waals surface area contributed by atoms with Crippen LogP contribution in [0, 0.1) is 5.92 Å². The minimum Gasteiger partial charge on any atom is -0.391 e. The van der Waals surface area contributed by atoms with Crippen molar-refractivity contribution in [3.8, 4) is 0 Å². The van der Waals surface area contributed by atoms with Crippen LogP contribution in [-0.4, -0.2) is 50.1 Å². The molecule has 0 saturated heterocycles. The number of aliphatic hydroxyl groups excluding tert-OH is 1. The molecule has 2 aromatic heterocycles. The van der Waals surface area contributed by atoms with E-state index < -0.39 is 18.1 Å². The third-order valence-electron chi connectivity index (χ3n) is 4.99. The molecule has 0 aliphatic heterocycles. The summed E-state index contributed by atoms with van der Waals surface area (Å²) in [6, 6.07) is 2.29. The van der Waals surface area contributed by atoms with Gasteiger partial charge >= 0.3 is 0 Å². The Morgan fingerprint density at radius 3 is 2.93 bits per heavy atom. The average molecular weight is 387 g/mol. The molecule has 2 amide bonds. The van der Waals surface area contributed by atoms with Gasteiger partial charge in [-0.3, -0.25) is 14.4 Å². The van der Waals surface area contributed by atoms with E-state index in [0.717, 1.165) is 13.0 Å². The van der Waals surface area contributed by atoms with Gasteiger partial charge in [0.15, 0.2) is 0 Å². The van der Waals surface area contributed by atoms with E-state index in [1.165, 1.54) is 18.3 Å². The lowest BCUT2D eigenvalue weighted by atomic mass is 9.83. The monoisotopic (exact) mass is 387 g/mol. The lowest BCUT2D eigenvalue weighted by Crippen LogP contribution is -2.49. The van der Waals surface area contributed by atoms with Gasteiger partial charge in [-0.15, -0.1) is 0 Å². The Morgan fingerprint density at radius 1 is 1.36 bits per heavy atom. The predicted octanol–water partition coefficient (Wildman–Crippen LogP) is 0.0373. The lowest BCUT2D eigenvalue weighted by molar-refractivity contribution is -0.127. The number of aryl methyl sites for hydroxylation is 1. The third-order valence-corrected chi connectivity index (χ3v) is 4.99. The highest BCUT2D eigenvalue weighted by Gasteiger charge is 2.33. The maximum absolute atomic E-state index is 12.3. The van der Waals surface area contributed by atoms with Gasteiger partial charge in [0.25, 0.3) is 5.91 Å². The van der Waals surface area contributed by atoms with Crippen molar-refractivity contribution >= 4 is 11.8 Å². The summed E-state index contributed by atoms with van der Waals surface area (Å²) in [5, 5.41) is 16.0. The average Bonchev–Trinajstić information content (AvgIpc) is 3.20. The number of amides is 2. The Labute approximate surface area is 162 Å². The summed E-state index contributed by atoms with van der Waals surface area (Å²) in [4.78, 5) is 42.3. The second kappa shape index (κ2) is 9.32. The molecule has 9 nitrogen and oxygen atoms in total. The molecule has 0 aromatic carbocycles. The van der Waals surface area contributed by atoms with Crippen molar-refractivity contribution < 1.29 is 14.7 Å². The van der Waals surface area contributed by atoms with Crippen LogP contribution < -0.4 is 16.2 Å². The summed E-state index contributed by atoms with van der Waals surface area (Å²) in [7, 11) is 0. The molecule has 3 rings (SSSR count). The van der Waals surface area contributed by atoms with Crippen LogP contribution in [0.15, 0.2) is 41.8 Å². The van der Waals surface area contributed by atoms with Crippen molar-refractivity contribution in [1.82, 2.24) is 25.2 Å². The van der Waals surface area contributed by atoms with Crippen molar-refractivity contribution in [3.63, 3.8) is 0 Å². The van der Waals surface area contributed by atoms with Gasteiger partial charge in [-0.2, -0.15) is 0 Å². The second-order valence-electron chi connectivity index (χ2n) is 7.04. The lowest BCUT2D eigenvalue weighted by Gasteiger charge is -2.33. The summed E-state index contributed by atoms with van der Waals surface area (Å²) < 4.78 is 1.95. The number of aromatic nitrogens is 3. The van der Waals surface area contributed by atoms with Crippen LogP contribution in [-0.2, 0) is 11.3 Å². The van der Waals surface area contributed by atoms with E-state index in [1.807, 2.05) is 10.8 Å². The Bertz CT molecular complexity index is 848. The fourth-order valence-corrected chi connectivity index (χ4v) is 3.43. The first kappa shape index (κ1) is 19.8. The van der Waals surface area contributed by atoms with E-state index in [1.54, 1.807) is 12.5 Å². The summed E-state index contributed by atoms with van der Waals surface area (Å²) in [5.74, 6) is -0.738. The first-order chi connectivity index (χ1) is 13.5. The summed E-state index contributed by atoms with van der Waals surface area (Å²) in [5.41, 5.74) is -0.115. The number of H-pyrrole nitrogens is 1. The standard InChI is InChI=1S/C19H25N5O4/c25-16-10-13(18(27)22-5-1-8-24-9-7-20-12-24)2-3-15(16)23-19(28)14-4-6-21-17(26)11-14/h4,6-7,9,11-13,15-16,25H,1-3,5,8,10H2,(H,21,26)(H,22,27)(H,23,28)/t13-,15+,16+/m0/s1. The first-order valence-corrected chi connectivity index (χ1v) is 9.44. The molecule has 1 saturated carbocycles. The Kier molecular flexibility index (Phi) is 6.59. The van der Waals surface area contributed by atoms with Gasteiger partial charge in [-0.1, -0.05) is 0 Å². The number of carbonyl (C=O) groups is 2. The molecule has 0 radical (unpaired) electrons. The van der Waals surface area contributed by atoms with Crippen molar-refractivity contribution in [2.75, 3.05) is 6.54 Å². The van der Waals surface area contributed by atoms with Crippen LogP contribution in [0.4, 0.5) is 0 Å². The topological polar surface area (TPSA) is 129 Å². The number of pyridine rings is 1. The van der Waals surface area contributed by atoms with Gasteiger partial charge in [0.05, 0.1) is 18.5 Å². The number of nitrogens with zero attached hydrogens (tertiary/aromatic N) is 2. The zero-order valence-corrected chi connectivity index (χ0v) is 15.5. The largest absolute Gasteiger partial charge is 0.391 e. The van der Waals surface area contributed by atoms with Crippen LogP contribution in [0.5, 0.6) is 0 Å². The number of hydrogen-bond donors (Lipinski definition) is 4. The molecule has 2 heterocycles. The second-order valence-corrected chi connectivity index (χ2v) is 7.04. The van der Waals surface area contributed by atoms with Crippen molar-refractivity contribution in [2.45, 2.75) is 44.4 Å². The summed E-state index contributed by atoms with van der Waals surface area (Å²) >= 11 is 0. The van der Waals surface area contributed by atoms with E-state index in [-0.39, 0.29) is 22.9 Å². The van der Waals surface area contributed by atoms with Gasteiger partial charge in [-0.25, -0.2) is 4.98 Å². The normalized spacial score (nSPS) is 21.8. The molecule has 4 N–H and O–H groups in total. The number of nitrogens with one attached hydrogen (secondary N) is 3. The van der Waals surface area contributed by atoms with E-state index in [0.29, 0.717) is 25.8 Å². The third kappa shape index (κ3) is 5.29. The highest BCUT2D eigenvalue weighted by molar-refractivity contribution is 5.94. The van der Waals surface area contributed by atoms with Crippen LogP contribution >= 0.6 is 0 Å². The zero-order chi connectivity index (χ0) is 19.9.